The lowest BCUT2D eigenvalue weighted by Gasteiger charge is -2.25. The molecular weight excluding hydrogens is 613 g/mol. The van der Waals surface area contributed by atoms with E-state index in [0.717, 1.165) is 65.3 Å². The molecule has 50 heavy (non-hydrogen) atoms. The molecule has 0 aromatic rings. The van der Waals surface area contributed by atoms with Crippen LogP contribution in [0.5, 0.6) is 0 Å². The van der Waals surface area contributed by atoms with Gasteiger partial charge in [-0.25, -0.2) is 0 Å². The summed E-state index contributed by atoms with van der Waals surface area (Å²) in [5.74, 6) is 0. The van der Waals surface area contributed by atoms with Gasteiger partial charge in [0.2, 0.25) is 0 Å². The summed E-state index contributed by atoms with van der Waals surface area (Å²) >= 11 is 0. The molecule has 0 aliphatic heterocycles. The zero-order chi connectivity index (χ0) is 36.4. The van der Waals surface area contributed by atoms with E-state index in [0.29, 0.717) is 0 Å². The molecular formula is C46H88N2O2. The molecule has 4 heteroatoms. The minimum atomic E-state index is 0.214. The van der Waals surface area contributed by atoms with E-state index in [4.69, 9.17) is 9.47 Å². The Hall–Kier alpha value is -1.20. The minimum Gasteiger partial charge on any atom is -0.379 e. The second-order valence-electron chi connectivity index (χ2n) is 14.8. The molecule has 0 radical (unpaired) electrons. The average Bonchev–Trinajstić information content (AvgIpc) is 3.11. The molecule has 0 amide bonds. The molecule has 0 saturated carbocycles. The normalized spacial score (nSPS) is 13.2. The van der Waals surface area contributed by atoms with Crippen molar-refractivity contribution < 1.29 is 9.47 Å². The summed E-state index contributed by atoms with van der Waals surface area (Å²) in [5.41, 5.74) is 0. The van der Waals surface area contributed by atoms with Crippen molar-refractivity contribution in [3.8, 4) is 0 Å². The summed E-state index contributed by atoms with van der Waals surface area (Å²) in [5, 5.41) is 0. The molecule has 0 bridgehead atoms. The summed E-state index contributed by atoms with van der Waals surface area (Å²) in [4.78, 5) is 4.83. The van der Waals surface area contributed by atoms with Crippen molar-refractivity contribution in [2.45, 2.75) is 187 Å². The average molecular weight is 701 g/mol. The van der Waals surface area contributed by atoms with Crippen molar-refractivity contribution in [1.29, 1.82) is 0 Å². The molecule has 0 aliphatic rings. The summed E-state index contributed by atoms with van der Waals surface area (Å²) in [6, 6.07) is 0. The number of hydrogen-bond donors (Lipinski definition) is 0. The number of ether oxygens (including phenoxy) is 2. The smallest absolute Gasteiger partial charge is 0.0820 e. The lowest BCUT2D eigenvalue weighted by molar-refractivity contribution is -0.0262. The minimum absolute atomic E-state index is 0.214. The van der Waals surface area contributed by atoms with Crippen LogP contribution in [0.3, 0.4) is 0 Å². The Morgan fingerprint density at radius 2 is 0.900 bits per heavy atom. The van der Waals surface area contributed by atoms with Crippen molar-refractivity contribution in [2.24, 2.45) is 0 Å². The lowest BCUT2D eigenvalue weighted by Crippen LogP contribution is -2.35. The molecule has 4 nitrogen and oxygen atoms in total. The molecule has 294 valence electrons. The highest BCUT2D eigenvalue weighted by molar-refractivity contribution is 4.93. The molecule has 0 spiro atoms. The van der Waals surface area contributed by atoms with Crippen LogP contribution in [0, 0.1) is 0 Å². The van der Waals surface area contributed by atoms with E-state index in [1.807, 2.05) is 0 Å². The molecule has 0 saturated heterocycles. The number of likely N-dealkylation sites (N-methyl/N-ethyl adjacent to an activating group) is 2. The fourth-order valence-corrected chi connectivity index (χ4v) is 6.06. The zero-order valence-electron chi connectivity index (χ0n) is 34.5. The Kier molecular flexibility index (Phi) is 41.2. The number of unbranched alkanes of at least 4 members (excludes halogenated alkanes) is 18. The monoisotopic (exact) mass is 701 g/mol. The van der Waals surface area contributed by atoms with Gasteiger partial charge < -0.3 is 19.3 Å². The maximum absolute atomic E-state index is 6.43. The topological polar surface area (TPSA) is 24.9 Å². The standard InChI is InChI=1S/C46H88N2O2/c1-6-9-11-13-15-17-19-21-23-25-27-29-31-33-35-37-43-49-45-46(39-40-48(8-3)42-41-47(4)5)50-44-38-36-34-32-30-28-26-24-22-20-18-16-14-12-10-7-2/h15-18,21-24,46H,6-14,19-20,25-45H2,1-5H3/b17-15+,18-16+,23-21+,24-22+. The third kappa shape index (κ3) is 39.6. The number of allylic oxidation sites excluding steroid dienone is 8. The molecule has 0 rings (SSSR count). The first kappa shape index (κ1) is 48.8. The first-order chi connectivity index (χ1) is 24.6. The van der Waals surface area contributed by atoms with E-state index in [1.165, 1.54) is 141 Å². The van der Waals surface area contributed by atoms with Gasteiger partial charge >= 0.3 is 0 Å². The Bertz CT molecular complexity index is 759. The van der Waals surface area contributed by atoms with Gasteiger partial charge in [-0.2, -0.15) is 0 Å². The molecule has 0 aromatic carbocycles. The second kappa shape index (κ2) is 42.2. The maximum Gasteiger partial charge on any atom is 0.0820 e. The van der Waals surface area contributed by atoms with E-state index >= 15 is 0 Å². The summed E-state index contributed by atoms with van der Waals surface area (Å²) in [6.45, 7) is 13.7. The van der Waals surface area contributed by atoms with Gasteiger partial charge in [0.15, 0.2) is 0 Å². The number of hydrogen-bond acceptors (Lipinski definition) is 4. The Morgan fingerprint density at radius 3 is 1.36 bits per heavy atom. The van der Waals surface area contributed by atoms with Crippen LogP contribution in [-0.2, 0) is 9.47 Å². The van der Waals surface area contributed by atoms with Crippen molar-refractivity contribution in [3.05, 3.63) is 48.6 Å². The van der Waals surface area contributed by atoms with Gasteiger partial charge in [-0.3, -0.25) is 0 Å². The lowest BCUT2D eigenvalue weighted by atomic mass is 10.1. The van der Waals surface area contributed by atoms with Gasteiger partial charge in [0.1, 0.15) is 0 Å². The van der Waals surface area contributed by atoms with E-state index in [1.54, 1.807) is 0 Å². The van der Waals surface area contributed by atoms with E-state index in [9.17, 15) is 0 Å². The summed E-state index contributed by atoms with van der Waals surface area (Å²) < 4.78 is 12.6. The van der Waals surface area contributed by atoms with Crippen LogP contribution >= 0.6 is 0 Å². The van der Waals surface area contributed by atoms with Crippen LogP contribution < -0.4 is 0 Å². The van der Waals surface area contributed by atoms with E-state index in [-0.39, 0.29) is 6.10 Å². The predicted octanol–water partition coefficient (Wildman–Crippen LogP) is 13.3. The highest BCUT2D eigenvalue weighted by atomic mass is 16.5. The molecule has 0 N–H and O–H groups in total. The van der Waals surface area contributed by atoms with Crippen molar-refractivity contribution in [2.75, 3.05) is 60.1 Å². The van der Waals surface area contributed by atoms with Crippen molar-refractivity contribution >= 4 is 0 Å². The summed E-state index contributed by atoms with van der Waals surface area (Å²) in [7, 11) is 4.32. The molecule has 1 unspecified atom stereocenters. The van der Waals surface area contributed by atoms with Gasteiger partial charge in [0.25, 0.3) is 0 Å². The van der Waals surface area contributed by atoms with Crippen LogP contribution in [0.2, 0.25) is 0 Å². The summed E-state index contributed by atoms with van der Waals surface area (Å²) in [6.07, 6.45) is 50.8. The zero-order valence-corrected chi connectivity index (χ0v) is 34.5. The highest BCUT2D eigenvalue weighted by Crippen LogP contribution is 2.12. The quantitative estimate of drug-likeness (QED) is 0.0469. The fourth-order valence-electron chi connectivity index (χ4n) is 6.06. The molecule has 1 atom stereocenters. The van der Waals surface area contributed by atoms with Gasteiger partial charge in [0, 0.05) is 32.8 Å². The third-order valence-electron chi connectivity index (χ3n) is 9.57. The maximum atomic E-state index is 6.43. The van der Waals surface area contributed by atoms with Gasteiger partial charge in [0.05, 0.1) is 12.7 Å². The molecule has 0 heterocycles. The van der Waals surface area contributed by atoms with Crippen LogP contribution in [0.1, 0.15) is 181 Å². The third-order valence-corrected chi connectivity index (χ3v) is 9.57. The number of rotatable bonds is 40. The largest absolute Gasteiger partial charge is 0.379 e. The molecule has 0 fully saturated rings. The van der Waals surface area contributed by atoms with Gasteiger partial charge in [-0.05, 0) is 104 Å². The van der Waals surface area contributed by atoms with Crippen LogP contribution in [0.15, 0.2) is 48.6 Å². The van der Waals surface area contributed by atoms with Crippen molar-refractivity contribution in [1.82, 2.24) is 9.80 Å². The predicted molar refractivity (Wildman–Crippen MR) is 225 cm³/mol. The second-order valence-corrected chi connectivity index (χ2v) is 14.8. The SMILES string of the molecule is CCCCC/C=C/C/C=C/CCCCCCCCOCC(CCN(CC)CCN(C)C)OCCCCCCCC/C=C/C/C=C/CCCCC. The molecule has 0 aliphatic carbocycles. The van der Waals surface area contributed by atoms with Crippen LogP contribution in [0.4, 0.5) is 0 Å². The van der Waals surface area contributed by atoms with Gasteiger partial charge in [-0.1, -0.05) is 146 Å². The first-order valence-corrected chi connectivity index (χ1v) is 21.8. The van der Waals surface area contributed by atoms with E-state index in [2.05, 4.69) is 93.3 Å². The Labute approximate surface area is 314 Å². The van der Waals surface area contributed by atoms with Crippen LogP contribution in [0.25, 0.3) is 0 Å². The van der Waals surface area contributed by atoms with Gasteiger partial charge in [-0.15, -0.1) is 0 Å². The van der Waals surface area contributed by atoms with Crippen molar-refractivity contribution in [3.63, 3.8) is 0 Å². The Morgan fingerprint density at radius 1 is 0.460 bits per heavy atom. The van der Waals surface area contributed by atoms with E-state index < -0.39 is 0 Å². The van der Waals surface area contributed by atoms with Crippen LogP contribution in [-0.4, -0.2) is 76.0 Å². The number of nitrogens with zero attached hydrogens (tertiary/aromatic N) is 2. The fraction of sp³-hybridized carbons (Fsp3) is 0.826. The molecule has 0 aromatic heterocycles. The highest BCUT2D eigenvalue weighted by Gasteiger charge is 2.12. The Balaban J connectivity index is 4.03. The first-order valence-electron chi connectivity index (χ1n) is 21.8.